The summed E-state index contributed by atoms with van der Waals surface area (Å²) in [6.45, 7) is 1.69. The Kier molecular flexibility index (Phi) is 3.56. The van der Waals surface area contributed by atoms with Crippen molar-refractivity contribution in [1.29, 1.82) is 0 Å². The van der Waals surface area contributed by atoms with Gasteiger partial charge >= 0.3 is 0 Å². The SMILES string of the molecule is CC(=O)NCCc1cc(F)ccc1F. The molecule has 14 heavy (non-hydrogen) atoms. The number of amides is 1. The highest BCUT2D eigenvalue weighted by Gasteiger charge is 2.03. The van der Waals surface area contributed by atoms with Crippen LogP contribution < -0.4 is 5.32 Å². The van der Waals surface area contributed by atoms with Crippen LogP contribution in [0, 0.1) is 11.6 Å². The number of nitrogens with one attached hydrogen (secondary N) is 1. The minimum absolute atomic E-state index is 0.179. The minimum Gasteiger partial charge on any atom is -0.356 e. The van der Waals surface area contributed by atoms with Gasteiger partial charge in [-0.05, 0) is 30.2 Å². The zero-order valence-corrected chi connectivity index (χ0v) is 7.81. The van der Waals surface area contributed by atoms with Crippen molar-refractivity contribution < 1.29 is 13.6 Å². The van der Waals surface area contributed by atoms with E-state index in [2.05, 4.69) is 5.32 Å². The molecule has 0 saturated carbocycles. The van der Waals surface area contributed by atoms with Crippen molar-refractivity contribution in [1.82, 2.24) is 5.32 Å². The molecule has 0 aliphatic heterocycles. The van der Waals surface area contributed by atoms with Crippen LogP contribution in [0.4, 0.5) is 8.78 Å². The summed E-state index contributed by atoms with van der Waals surface area (Å²) < 4.78 is 25.7. The summed E-state index contributed by atoms with van der Waals surface area (Å²) in [7, 11) is 0. The number of rotatable bonds is 3. The van der Waals surface area contributed by atoms with E-state index in [4.69, 9.17) is 0 Å². The maximum Gasteiger partial charge on any atom is 0.216 e. The molecule has 0 atom stereocenters. The van der Waals surface area contributed by atoms with Crippen molar-refractivity contribution >= 4 is 5.91 Å². The van der Waals surface area contributed by atoms with Crippen molar-refractivity contribution in [2.75, 3.05) is 6.54 Å². The van der Waals surface area contributed by atoms with E-state index in [1.54, 1.807) is 0 Å². The standard InChI is InChI=1S/C10H11F2NO/c1-7(14)13-5-4-8-6-9(11)2-3-10(8)12/h2-3,6H,4-5H2,1H3,(H,13,14). The summed E-state index contributed by atoms with van der Waals surface area (Å²) in [6.07, 6.45) is 0.295. The largest absolute Gasteiger partial charge is 0.356 e. The lowest BCUT2D eigenvalue weighted by Crippen LogP contribution is -2.22. The van der Waals surface area contributed by atoms with Crippen molar-refractivity contribution in [2.45, 2.75) is 13.3 Å². The number of hydrogen-bond acceptors (Lipinski definition) is 1. The number of benzene rings is 1. The van der Waals surface area contributed by atoms with Gasteiger partial charge in [0, 0.05) is 13.5 Å². The normalized spacial score (nSPS) is 9.93. The zero-order chi connectivity index (χ0) is 10.6. The molecule has 0 bridgehead atoms. The smallest absolute Gasteiger partial charge is 0.216 e. The van der Waals surface area contributed by atoms with Gasteiger partial charge in [-0.2, -0.15) is 0 Å². The lowest BCUT2D eigenvalue weighted by molar-refractivity contribution is -0.118. The summed E-state index contributed by atoms with van der Waals surface area (Å²) in [5, 5.41) is 2.51. The van der Waals surface area contributed by atoms with E-state index in [1.807, 2.05) is 0 Å². The van der Waals surface area contributed by atoms with E-state index in [1.165, 1.54) is 6.92 Å². The molecule has 1 N–H and O–H groups in total. The van der Waals surface area contributed by atoms with Crippen LogP contribution in [0.1, 0.15) is 12.5 Å². The Hall–Kier alpha value is -1.45. The Balaban J connectivity index is 2.57. The predicted octanol–water partition coefficient (Wildman–Crippen LogP) is 1.64. The number of carbonyl (C=O) groups is 1. The molecule has 0 saturated heterocycles. The molecule has 4 heteroatoms. The second-order valence-corrected chi connectivity index (χ2v) is 2.97. The van der Waals surface area contributed by atoms with Gasteiger partial charge in [0.25, 0.3) is 0 Å². The zero-order valence-electron chi connectivity index (χ0n) is 7.81. The average molecular weight is 199 g/mol. The highest BCUT2D eigenvalue weighted by molar-refractivity contribution is 5.72. The van der Waals surface area contributed by atoms with E-state index < -0.39 is 11.6 Å². The van der Waals surface area contributed by atoms with Gasteiger partial charge in [-0.15, -0.1) is 0 Å². The quantitative estimate of drug-likeness (QED) is 0.787. The number of halogens is 2. The molecular formula is C10H11F2NO. The van der Waals surface area contributed by atoms with Gasteiger partial charge in [0.1, 0.15) is 11.6 Å². The van der Waals surface area contributed by atoms with E-state index in [0.29, 0.717) is 13.0 Å². The molecule has 1 amide bonds. The maximum atomic E-state index is 13.0. The van der Waals surface area contributed by atoms with Crippen LogP contribution >= 0.6 is 0 Å². The van der Waals surface area contributed by atoms with Crippen LogP contribution in [-0.2, 0) is 11.2 Å². The predicted molar refractivity (Wildman–Crippen MR) is 48.7 cm³/mol. The second-order valence-electron chi connectivity index (χ2n) is 2.97. The lowest BCUT2D eigenvalue weighted by atomic mass is 10.1. The summed E-state index contributed by atoms with van der Waals surface area (Å²) in [5.74, 6) is -1.09. The van der Waals surface area contributed by atoms with Gasteiger partial charge in [0.15, 0.2) is 0 Å². The molecule has 2 nitrogen and oxygen atoms in total. The average Bonchev–Trinajstić information content (AvgIpc) is 2.10. The van der Waals surface area contributed by atoms with Crippen LogP contribution in [0.15, 0.2) is 18.2 Å². The first-order chi connectivity index (χ1) is 6.59. The Bertz CT molecular complexity index is 339. The third-order valence-corrected chi connectivity index (χ3v) is 1.78. The topological polar surface area (TPSA) is 29.1 Å². The van der Waals surface area contributed by atoms with Gasteiger partial charge in [0.05, 0.1) is 0 Å². The fraction of sp³-hybridized carbons (Fsp3) is 0.300. The number of hydrogen-bond donors (Lipinski definition) is 1. The van der Waals surface area contributed by atoms with Crippen molar-refractivity contribution in [2.24, 2.45) is 0 Å². The molecule has 0 aliphatic carbocycles. The highest BCUT2D eigenvalue weighted by Crippen LogP contribution is 2.09. The summed E-state index contributed by atoms with van der Waals surface area (Å²) in [4.78, 5) is 10.5. The van der Waals surface area contributed by atoms with E-state index in [9.17, 15) is 13.6 Å². The Morgan fingerprint density at radius 1 is 1.43 bits per heavy atom. The van der Waals surface area contributed by atoms with Crippen LogP contribution in [0.2, 0.25) is 0 Å². The molecular weight excluding hydrogens is 188 g/mol. The molecule has 0 heterocycles. The molecule has 0 aliphatic rings. The molecule has 0 fully saturated rings. The maximum absolute atomic E-state index is 13.0. The van der Waals surface area contributed by atoms with E-state index in [0.717, 1.165) is 18.2 Å². The minimum atomic E-state index is -0.468. The molecule has 0 spiro atoms. The van der Waals surface area contributed by atoms with Crippen molar-refractivity contribution in [3.05, 3.63) is 35.4 Å². The monoisotopic (exact) mass is 199 g/mol. The van der Waals surface area contributed by atoms with Gasteiger partial charge in [-0.3, -0.25) is 4.79 Å². The van der Waals surface area contributed by atoms with Crippen molar-refractivity contribution in [3.8, 4) is 0 Å². The third kappa shape index (κ3) is 3.12. The third-order valence-electron chi connectivity index (χ3n) is 1.78. The van der Waals surface area contributed by atoms with Crippen LogP contribution in [0.5, 0.6) is 0 Å². The van der Waals surface area contributed by atoms with E-state index in [-0.39, 0.29) is 11.5 Å². The fourth-order valence-corrected chi connectivity index (χ4v) is 1.11. The first-order valence-electron chi connectivity index (χ1n) is 4.28. The van der Waals surface area contributed by atoms with Crippen LogP contribution in [0.3, 0.4) is 0 Å². The molecule has 0 radical (unpaired) electrons. The van der Waals surface area contributed by atoms with Gasteiger partial charge in [-0.25, -0.2) is 8.78 Å². The van der Waals surface area contributed by atoms with Crippen molar-refractivity contribution in [3.63, 3.8) is 0 Å². The molecule has 1 rings (SSSR count). The summed E-state index contributed by atoms with van der Waals surface area (Å²) in [5.41, 5.74) is 0.277. The van der Waals surface area contributed by atoms with E-state index >= 15 is 0 Å². The lowest BCUT2D eigenvalue weighted by Gasteiger charge is -2.03. The Morgan fingerprint density at radius 2 is 2.14 bits per heavy atom. The van der Waals surface area contributed by atoms with Gasteiger partial charge in [-0.1, -0.05) is 0 Å². The molecule has 1 aromatic carbocycles. The van der Waals surface area contributed by atoms with Crippen LogP contribution in [0.25, 0.3) is 0 Å². The summed E-state index contributed by atoms with van der Waals surface area (Å²) >= 11 is 0. The fourth-order valence-electron chi connectivity index (χ4n) is 1.11. The molecule has 0 aromatic heterocycles. The molecule has 0 unspecified atom stereocenters. The number of carbonyl (C=O) groups excluding carboxylic acids is 1. The Morgan fingerprint density at radius 3 is 2.79 bits per heavy atom. The highest BCUT2D eigenvalue weighted by atomic mass is 19.1. The first kappa shape index (κ1) is 10.6. The summed E-state index contributed by atoms with van der Waals surface area (Å²) in [6, 6.07) is 3.28. The van der Waals surface area contributed by atoms with Gasteiger partial charge in [0.2, 0.25) is 5.91 Å². The molecule has 76 valence electrons. The Labute approximate surface area is 80.9 Å². The molecule has 1 aromatic rings. The first-order valence-corrected chi connectivity index (χ1v) is 4.28. The van der Waals surface area contributed by atoms with Crippen LogP contribution in [-0.4, -0.2) is 12.5 Å². The second kappa shape index (κ2) is 4.69. The van der Waals surface area contributed by atoms with Gasteiger partial charge < -0.3 is 5.32 Å².